The average Bonchev–Trinajstić information content (AvgIpc) is 2.06. The maximum absolute atomic E-state index is 11.1. The van der Waals surface area contributed by atoms with Crippen LogP contribution in [0.25, 0.3) is 5.57 Å². The third kappa shape index (κ3) is 3.36. The highest BCUT2D eigenvalue weighted by molar-refractivity contribution is 7.92. The van der Waals surface area contributed by atoms with Crippen molar-refractivity contribution in [1.82, 2.24) is 4.98 Å². The molecule has 0 aliphatic heterocycles. The van der Waals surface area contributed by atoms with Gasteiger partial charge in [0.05, 0.1) is 17.6 Å². The zero-order valence-corrected chi connectivity index (χ0v) is 9.85. The summed E-state index contributed by atoms with van der Waals surface area (Å²) in [5.74, 6) is 0. The number of pyridine rings is 1. The van der Waals surface area contributed by atoms with Gasteiger partial charge in [0.25, 0.3) is 0 Å². The molecule has 0 spiro atoms. The summed E-state index contributed by atoms with van der Waals surface area (Å²) in [5.41, 5.74) is 2.81. The van der Waals surface area contributed by atoms with Gasteiger partial charge in [-0.3, -0.25) is 9.71 Å². The smallest absolute Gasteiger partial charge is 0.229 e. The topological polar surface area (TPSA) is 59.1 Å². The lowest BCUT2D eigenvalue weighted by Gasteiger charge is -2.08. The second-order valence-corrected chi connectivity index (χ2v) is 5.26. The zero-order chi connectivity index (χ0) is 11.6. The number of aromatic nitrogens is 1. The maximum Gasteiger partial charge on any atom is 0.229 e. The highest BCUT2D eigenvalue weighted by Crippen LogP contribution is 2.19. The van der Waals surface area contributed by atoms with Crippen molar-refractivity contribution in [1.29, 1.82) is 0 Å². The number of hydrogen-bond acceptors (Lipinski definition) is 3. The molecule has 5 heteroatoms. The standard InChI is InChI=1S/C10H14N2O2S.H2/c1-7(2)9-5-10(8(3)11-6-9)12-15(4,13)14;/h5-6,12H,1H2,2-4H3;1H. The predicted octanol–water partition coefficient (Wildman–Crippen LogP) is 2.04. The van der Waals surface area contributed by atoms with Crippen molar-refractivity contribution in [3.63, 3.8) is 0 Å². The van der Waals surface area contributed by atoms with Crippen molar-refractivity contribution < 1.29 is 9.84 Å². The van der Waals surface area contributed by atoms with Crippen molar-refractivity contribution >= 4 is 21.3 Å². The first kappa shape index (κ1) is 11.7. The minimum Gasteiger partial charge on any atom is -0.282 e. The number of aryl methyl sites for hydroxylation is 1. The Kier molecular flexibility index (Phi) is 3.14. The number of sulfonamides is 1. The molecule has 1 aromatic heterocycles. The van der Waals surface area contributed by atoms with Crippen LogP contribution < -0.4 is 4.72 Å². The number of anilines is 1. The Balaban J connectivity index is 0.00000225. The summed E-state index contributed by atoms with van der Waals surface area (Å²) >= 11 is 0. The van der Waals surface area contributed by atoms with Gasteiger partial charge < -0.3 is 0 Å². The van der Waals surface area contributed by atoms with Crippen LogP contribution in [0.2, 0.25) is 0 Å². The van der Waals surface area contributed by atoms with E-state index in [1.807, 2.05) is 6.92 Å². The molecule has 15 heavy (non-hydrogen) atoms. The van der Waals surface area contributed by atoms with E-state index < -0.39 is 10.0 Å². The summed E-state index contributed by atoms with van der Waals surface area (Å²) in [7, 11) is -3.26. The number of hydrogen-bond donors (Lipinski definition) is 1. The molecule has 0 fully saturated rings. The van der Waals surface area contributed by atoms with Crippen LogP contribution >= 0.6 is 0 Å². The van der Waals surface area contributed by atoms with E-state index in [9.17, 15) is 8.42 Å². The summed E-state index contributed by atoms with van der Waals surface area (Å²) in [6.07, 6.45) is 2.78. The van der Waals surface area contributed by atoms with Crippen LogP contribution in [0.4, 0.5) is 5.69 Å². The summed E-state index contributed by atoms with van der Waals surface area (Å²) in [4.78, 5) is 4.10. The minimum atomic E-state index is -3.26. The van der Waals surface area contributed by atoms with Gasteiger partial charge in [-0.1, -0.05) is 6.58 Å². The Morgan fingerprint density at radius 3 is 2.67 bits per heavy atom. The minimum absolute atomic E-state index is 0. The molecule has 0 saturated carbocycles. The van der Waals surface area contributed by atoms with Crippen molar-refractivity contribution in [2.45, 2.75) is 13.8 Å². The molecular formula is C10H16N2O2S. The number of nitrogens with zero attached hydrogens (tertiary/aromatic N) is 1. The molecule has 4 nitrogen and oxygen atoms in total. The van der Waals surface area contributed by atoms with Crippen LogP contribution in [-0.2, 0) is 10.0 Å². The summed E-state index contributed by atoms with van der Waals surface area (Å²) < 4.78 is 24.6. The van der Waals surface area contributed by atoms with Crippen LogP contribution in [-0.4, -0.2) is 19.7 Å². The van der Waals surface area contributed by atoms with Gasteiger partial charge in [0.1, 0.15) is 0 Å². The summed E-state index contributed by atoms with van der Waals surface area (Å²) in [6, 6.07) is 1.73. The summed E-state index contributed by atoms with van der Waals surface area (Å²) in [5, 5.41) is 0. The van der Waals surface area contributed by atoms with E-state index in [2.05, 4.69) is 16.3 Å². The fourth-order valence-electron chi connectivity index (χ4n) is 1.07. The molecule has 84 valence electrons. The summed E-state index contributed by atoms with van der Waals surface area (Å²) in [6.45, 7) is 7.36. The van der Waals surface area contributed by atoms with Crippen LogP contribution in [0.15, 0.2) is 18.8 Å². The number of rotatable bonds is 3. The fraction of sp³-hybridized carbons (Fsp3) is 0.300. The van der Waals surface area contributed by atoms with E-state index in [-0.39, 0.29) is 1.43 Å². The second kappa shape index (κ2) is 4.02. The van der Waals surface area contributed by atoms with Crippen molar-refractivity contribution in [2.24, 2.45) is 0 Å². The third-order valence-electron chi connectivity index (χ3n) is 1.88. The monoisotopic (exact) mass is 228 g/mol. The molecule has 0 atom stereocenters. The van der Waals surface area contributed by atoms with Crippen molar-refractivity contribution in [2.75, 3.05) is 11.0 Å². The lowest BCUT2D eigenvalue weighted by atomic mass is 10.1. The molecule has 1 heterocycles. The van der Waals surface area contributed by atoms with Gasteiger partial charge >= 0.3 is 0 Å². The van der Waals surface area contributed by atoms with Crippen LogP contribution in [0.3, 0.4) is 0 Å². The first-order valence-corrected chi connectivity index (χ1v) is 6.29. The largest absolute Gasteiger partial charge is 0.282 e. The highest BCUT2D eigenvalue weighted by Gasteiger charge is 2.07. The molecule has 0 amide bonds. The molecular weight excluding hydrogens is 212 g/mol. The Labute approximate surface area is 91.6 Å². The molecule has 0 bridgehead atoms. The molecule has 0 aliphatic rings. The molecule has 1 N–H and O–H groups in total. The maximum atomic E-state index is 11.1. The molecule has 0 aliphatic carbocycles. The van der Waals surface area contributed by atoms with E-state index in [1.54, 1.807) is 19.2 Å². The third-order valence-corrected chi connectivity index (χ3v) is 2.47. The van der Waals surface area contributed by atoms with E-state index >= 15 is 0 Å². The van der Waals surface area contributed by atoms with Crippen LogP contribution in [0, 0.1) is 6.92 Å². The zero-order valence-electron chi connectivity index (χ0n) is 9.03. The molecule has 0 unspecified atom stereocenters. The Morgan fingerprint density at radius 2 is 2.20 bits per heavy atom. The van der Waals surface area contributed by atoms with Gasteiger partial charge in [-0.05, 0) is 31.1 Å². The lowest BCUT2D eigenvalue weighted by molar-refractivity contribution is 0.606. The molecule has 0 aromatic carbocycles. The quantitative estimate of drug-likeness (QED) is 0.861. The van der Waals surface area contributed by atoms with E-state index in [0.29, 0.717) is 11.4 Å². The predicted molar refractivity (Wildman–Crippen MR) is 64.3 cm³/mol. The van der Waals surface area contributed by atoms with E-state index in [0.717, 1.165) is 17.4 Å². The molecule has 0 saturated heterocycles. The molecule has 1 rings (SSSR count). The first-order chi connectivity index (χ1) is 6.79. The molecule has 1 aromatic rings. The Bertz CT molecular complexity index is 498. The lowest BCUT2D eigenvalue weighted by Crippen LogP contribution is -2.11. The second-order valence-electron chi connectivity index (χ2n) is 3.51. The van der Waals surface area contributed by atoms with Gasteiger partial charge in [0.2, 0.25) is 10.0 Å². The first-order valence-electron chi connectivity index (χ1n) is 4.40. The van der Waals surface area contributed by atoms with E-state index in [1.165, 1.54) is 0 Å². The number of nitrogens with one attached hydrogen (secondary N) is 1. The number of allylic oxidation sites excluding steroid dienone is 1. The van der Waals surface area contributed by atoms with Crippen molar-refractivity contribution in [3.8, 4) is 0 Å². The Hall–Kier alpha value is -1.36. The molecule has 0 radical (unpaired) electrons. The average molecular weight is 228 g/mol. The van der Waals surface area contributed by atoms with Gasteiger partial charge in [-0.2, -0.15) is 0 Å². The van der Waals surface area contributed by atoms with Gasteiger partial charge in [-0.25, -0.2) is 8.42 Å². The van der Waals surface area contributed by atoms with Gasteiger partial charge in [-0.15, -0.1) is 0 Å². The van der Waals surface area contributed by atoms with Crippen LogP contribution in [0.5, 0.6) is 0 Å². The van der Waals surface area contributed by atoms with Crippen LogP contribution in [0.1, 0.15) is 19.6 Å². The van der Waals surface area contributed by atoms with Gasteiger partial charge in [0, 0.05) is 7.62 Å². The van der Waals surface area contributed by atoms with Crippen molar-refractivity contribution in [3.05, 3.63) is 30.1 Å². The van der Waals surface area contributed by atoms with E-state index in [4.69, 9.17) is 0 Å². The fourth-order valence-corrected chi connectivity index (χ4v) is 1.68. The highest BCUT2D eigenvalue weighted by atomic mass is 32.2. The SMILES string of the molecule is C=C(C)c1cnc(C)c(NS(C)(=O)=O)c1.[HH]. The normalized spacial score (nSPS) is 11.1. The van der Waals surface area contributed by atoms with Gasteiger partial charge in [0.15, 0.2) is 0 Å². The Morgan fingerprint density at radius 1 is 1.60 bits per heavy atom.